The zero-order valence-corrected chi connectivity index (χ0v) is 8.69. The van der Waals surface area contributed by atoms with E-state index in [0.29, 0.717) is 12.5 Å². The zero-order chi connectivity index (χ0) is 10.3. The van der Waals surface area contributed by atoms with Crippen molar-refractivity contribution in [2.24, 2.45) is 5.92 Å². The molecule has 78 valence electrons. The number of imide groups is 1. The summed E-state index contributed by atoms with van der Waals surface area (Å²) in [6, 6.07) is -0.259. The molecule has 3 amide bonds. The Morgan fingerprint density at radius 3 is 2.71 bits per heavy atom. The first-order valence-electron chi connectivity index (χ1n) is 5.28. The summed E-state index contributed by atoms with van der Waals surface area (Å²) in [5, 5.41) is 0. The molecule has 2 atom stereocenters. The molecule has 2 heterocycles. The SMILES string of the molecule is CCN1C(=O)C2C(C)CCCN2C1=O. The highest BCUT2D eigenvalue weighted by Crippen LogP contribution is 2.30. The number of piperidine rings is 1. The van der Waals surface area contributed by atoms with Crippen LogP contribution in [-0.4, -0.2) is 40.9 Å². The van der Waals surface area contributed by atoms with E-state index < -0.39 is 0 Å². The lowest BCUT2D eigenvalue weighted by atomic mass is 9.91. The molecular formula is C10H16N2O2. The van der Waals surface area contributed by atoms with E-state index in [0.717, 1.165) is 19.4 Å². The van der Waals surface area contributed by atoms with Crippen LogP contribution in [0.4, 0.5) is 4.79 Å². The van der Waals surface area contributed by atoms with Crippen LogP contribution in [0.5, 0.6) is 0 Å². The van der Waals surface area contributed by atoms with Crippen LogP contribution < -0.4 is 0 Å². The van der Waals surface area contributed by atoms with Crippen molar-refractivity contribution in [2.75, 3.05) is 13.1 Å². The van der Waals surface area contributed by atoms with Gasteiger partial charge in [-0.2, -0.15) is 0 Å². The first-order valence-corrected chi connectivity index (χ1v) is 5.28. The van der Waals surface area contributed by atoms with E-state index in [2.05, 4.69) is 6.92 Å². The normalized spacial score (nSPS) is 32.4. The van der Waals surface area contributed by atoms with Crippen molar-refractivity contribution in [3.05, 3.63) is 0 Å². The molecule has 2 saturated heterocycles. The second kappa shape index (κ2) is 3.26. The third-order valence-corrected chi connectivity index (χ3v) is 3.25. The maximum Gasteiger partial charge on any atom is 0.327 e. The number of rotatable bonds is 1. The number of hydrogen-bond donors (Lipinski definition) is 0. The van der Waals surface area contributed by atoms with Crippen LogP contribution in [0, 0.1) is 5.92 Å². The molecule has 4 heteroatoms. The van der Waals surface area contributed by atoms with Crippen molar-refractivity contribution in [3.8, 4) is 0 Å². The monoisotopic (exact) mass is 196 g/mol. The molecule has 0 aromatic carbocycles. The summed E-state index contributed by atoms with van der Waals surface area (Å²) >= 11 is 0. The third-order valence-electron chi connectivity index (χ3n) is 3.25. The van der Waals surface area contributed by atoms with Crippen molar-refractivity contribution in [1.82, 2.24) is 9.80 Å². The number of hydrogen-bond acceptors (Lipinski definition) is 2. The van der Waals surface area contributed by atoms with Gasteiger partial charge in [-0.05, 0) is 25.7 Å². The second-order valence-electron chi connectivity index (χ2n) is 4.12. The minimum absolute atomic E-state index is 0.00435. The van der Waals surface area contributed by atoms with E-state index >= 15 is 0 Å². The number of carbonyl (C=O) groups excluding carboxylic acids is 2. The summed E-state index contributed by atoms with van der Waals surface area (Å²) in [5.74, 6) is 0.321. The van der Waals surface area contributed by atoms with E-state index in [1.807, 2.05) is 6.92 Å². The molecule has 0 saturated carbocycles. The lowest BCUT2D eigenvalue weighted by Gasteiger charge is -2.31. The van der Waals surface area contributed by atoms with E-state index in [9.17, 15) is 9.59 Å². The van der Waals surface area contributed by atoms with Crippen LogP contribution in [-0.2, 0) is 4.79 Å². The van der Waals surface area contributed by atoms with Gasteiger partial charge in [0.15, 0.2) is 0 Å². The zero-order valence-electron chi connectivity index (χ0n) is 8.69. The molecule has 14 heavy (non-hydrogen) atoms. The summed E-state index contributed by atoms with van der Waals surface area (Å²) in [7, 11) is 0. The van der Waals surface area contributed by atoms with Gasteiger partial charge in [0, 0.05) is 13.1 Å². The van der Waals surface area contributed by atoms with Crippen LogP contribution in [0.3, 0.4) is 0 Å². The predicted molar refractivity (Wildman–Crippen MR) is 51.7 cm³/mol. The van der Waals surface area contributed by atoms with Gasteiger partial charge in [0.1, 0.15) is 6.04 Å². The fourth-order valence-electron chi connectivity index (χ4n) is 2.48. The van der Waals surface area contributed by atoms with Crippen molar-refractivity contribution >= 4 is 11.9 Å². The van der Waals surface area contributed by atoms with Crippen LogP contribution >= 0.6 is 0 Å². The number of likely N-dealkylation sites (N-methyl/N-ethyl adjacent to an activating group) is 1. The van der Waals surface area contributed by atoms with Crippen molar-refractivity contribution < 1.29 is 9.59 Å². The number of urea groups is 1. The summed E-state index contributed by atoms with van der Waals surface area (Å²) in [6.07, 6.45) is 2.08. The maximum atomic E-state index is 11.9. The maximum absolute atomic E-state index is 11.9. The van der Waals surface area contributed by atoms with Gasteiger partial charge in [0.05, 0.1) is 0 Å². The molecule has 2 fully saturated rings. The Hall–Kier alpha value is -1.06. The number of carbonyl (C=O) groups is 2. The molecule has 2 aliphatic rings. The van der Waals surface area contributed by atoms with Gasteiger partial charge in [-0.3, -0.25) is 9.69 Å². The molecule has 0 aliphatic carbocycles. The largest absolute Gasteiger partial charge is 0.327 e. The lowest BCUT2D eigenvalue weighted by Crippen LogP contribution is -2.44. The van der Waals surface area contributed by atoms with Gasteiger partial charge in [-0.25, -0.2) is 4.79 Å². The van der Waals surface area contributed by atoms with Crippen LogP contribution in [0.1, 0.15) is 26.7 Å². The first-order chi connectivity index (χ1) is 6.66. The predicted octanol–water partition coefficient (Wildman–Crippen LogP) is 1.07. The fourth-order valence-corrected chi connectivity index (χ4v) is 2.48. The lowest BCUT2D eigenvalue weighted by molar-refractivity contribution is -0.129. The highest BCUT2D eigenvalue weighted by molar-refractivity contribution is 6.04. The fraction of sp³-hybridized carbons (Fsp3) is 0.800. The number of nitrogens with zero attached hydrogens (tertiary/aromatic N) is 2. The van der Waals surface area contributed by atoms with Crippen LogP contribution in [0.25, 0.3) is 0 Å². The average molecular weight is 196 g/mol. The summed E-state index contributed by atoms with van der Waals surface area (Å²) in [4.78, 5) is 26.7. The van der Waals surface area contributed by atoms with E-state index in [4.69, 9.17) is 0 Å². The number of amides is 3. The molecule has 0 N–H and O–H groups in total. The Balaban J connectivity index is 2.27. The molecule has 2 rings (SSSR count). The van der Waals surface area contributed by atoms with E-state index in [1.54, 1.807) is 4.90 Å². The van der Waals surface area contributed by atoms with Crippen molar-refractivity contribution in [2.45, 2.75) is 32.7 Å². The Labute approximate surface area is 83.9 Å². The van der Waals surface area contributed by atoms with Gasteiger partial charge in [0.25, 0.3) is 5.91 Å². The molecule has 0 aromatic heterocycles. The summed E-state index contributed by atoms with van der Waals surface area (Å²) < 4.78 is 0. The average Bonchev–Trinajstić information content (AvgIpc) is 2.41. The summed E-state index contributed by atoms with van der Waals surface area (Å²) in [5.41, 5.74) is 0. The highest BCUT2D eigenvalue weighted by Gasteiger charge is 2.47. The Bertz CT molecular complexity index is 277. The Morgan fingerprint density at radius 1 is 1.43 bits per heavy atom. The molecule has 4 nitrogen and oxygen atoms in total. The van der Waals surface area contributed by atoms with Gasteiger partial charge in [-0.1, -0.05) is 6.92 Å². The molecule has 0 spiro atoms. The van der Waals surface area contributed by atoms with Crippen LogP contribution in [0.2, 0.25) is 0 Å². The number of fused-ring (bicyclic) bond motifs is 1. The molecule has 2 unspecified atom stereocenters. The van der Waals surface area contributed by atoms with Gasteiger partial charge in [-0.15, -0.1) is 0 Å². The standard InChI is InChI=1S/C10H16N2O2/c1-3-11-9(13)8-7(2)5-4-6-12(8)10(11)14/h7-8H,3-6H2,1-2H3. The molecule has 0 bridgehead atoms. The van der Waals surface area contributed by atoms with Gasteiger partial charge >= 0.3 is 6.03 Å². The van der Waals surface area contributed by atoms with E-state index in [1.165, 1.54) is 4.90 Å². The molecule has 0 aromatic rings. The smallest absolute Gasteiger partial charge is 0.312 e. The van der Waals surface area contributed by atoms with Crippen molar-refractivity contribution in [3.63, 3.8) is 0 Å². The van der Waals surface area contributed by atoms with Crippen LogP contribution in [0.15, 0.2) is 0 Å². The Kier molecular flexibility index (Phi) is 2.21. The topological polar surface area (TPSA) is 40.6 Å². The highest BCUT2D eigenvalue weighted by atomic mass is 16.2. The minimum Gasteiger partial charge on any atom is -0.312 e. The van der Waals surface area contributed by atoms with Crippen molar-refractivity contribution in [1.29, 1.82) is 0 Å². The Morgan fingerprint density at radius 2 is 2.14 bits per heavy atom. The molecule has 0 radical (unpaired) electrons. The van der Waals surface area contributed by atoms with E-state index in [-0.39, 0.29) is 18.0 Å². The molecular weight excluding hydrogens is 180 g/mol. The third kappa shape index (κ3) is 1.13. The minimum atomic E-state index is -0.170. The van der Waals surface area contributed by atoms with Gasteiger partial charge < -0.3 is 4.90 Å². The quantitative estimate of drug-likeness (QED) is 0.588. The molecule has 2 aliphatic heterocycles. The van der Waals surface area contributed by atoms with Gasteiger partial charge in [0.2, 0.25) is 0 Å². The second-order valence-corrected chi connectivity index (χ2v) is 4.12. The summed E-state index contributed by atoms with van der Waals surface area (Å²) in [6.45, 7) is 5.15. The first kappa shape index (κ1) is 9.49.